The minimum atomic E-state index is -0.388. The molecule has 0 saturated carbocycles. The van der Waals surface area contributed by atoms with Crippen LogP contribution < -0.4 is 0 Å². The average Bonchev–Trinajstić information content (AvgIpc) is 2.62. The topological polar surface area (TPSA) is 61.8 Å². The smallest absolute Gasteiger partial charge is 0.317 e. The molecule has 0 bridgehead atoms. The summed E-state index contributed by atoms with van der Waals surface area (Å²) in [6.45, 7) is 0. The molecular weight excluding hydrogens is 240 g/mol. The minimum absolute atomic E-state index is 0.133. The molecule has 0 aromatic rings. The summed E-state index contributed by atoms with van der Waals surface area (Å²) in [6.07, 6.45) is 1.79. The van der Waals surface area contributed by atoms with Crippen molar-refractivity contribution in [1.82, 2.24) is 0 Å². The maximum absolute atomic E-state index is 11.2. The van der Waals surface area contributed by atoms with E-state index in [2.05, 4.69) is 4.74 Å². The van der Waals surface area contributed by atoms with E-state index >= 15 is 0 Å². The maximum Gasteiger partial charge on any atom is 0.317 e. The first-order valence-corrected chi connectivity index (χ1v) is 7.09. The molecule has 1 unspecified atom stereocenters. The second-order valence-electron chi connectivity index (χ2n) is 3.94. The predicted molar refractivity (Wildman–Crippen MR) is 61.6 cm³/mol. The summed E-state index contributed by atoms with van der Waals surface area (Å²) in [6, 6.07) is 1.90. The summed E-state index contributed by atoms with van der Waals surface area (Å²) >= 11 is 0. The molecule has 96 valence electrons. The Morgan fingerprint density at radius 1 is 1.41 bits per heavy atom. The lowest BCUT2D eigenvalue weighted by molar-refractivity contribution is -0.153. The highest BCUT2D eigenvalue weighted by Crippen LogP contribution is 2.21. The molecule has 2 radical (unpaired) electrons. The zero-order valence-electron chi connectivity index (χ0n) is 10.2. The summed E-state index contributed by atoms with van der Waals surface area (Å²) in [7, 11) is 4.00. The fraction of sp³-hybridized carbons (Fsp3) is 0.818. The Balaban J connectivity index is 2.04. The van der Waals surface area contributed by atoms with E-state index in [1.165, 1.54) is 0 Å². The van der Waals surface area contributed by atoms with Gasteiger partial charge in [-0.3, -0.25) is 9.59 Å². The summed E-state index contributed by atoms with van der Waals surface area (Å²) < 4.78 is 14.6. The Hall–Kier alpha value is -0.723. The Kier molecular flexibility index (Phi) is 6.39. The average molecular weight is 258 g/mol. The van der Waals surface area contributed by atoms with Gasteiger partial charge in [0.2, 0.25) is 0 Å². The van der Waals surface area contributed by atoms with E-state index in [4.69, 9.17) is 9.47 Å². The lowest BCUT2D eigenvalue weighted by atomic mass is 10.0. The Labute approximate surface area is 104 Å². The van der Waals surface area contributed by atoms with Crippen LogP contribution in [0.2, 0.25) is 12.1 Å². The van der Waals surface area contributed by atoms with Crippen LogP contribution in [0.5, 0.6) is 0 Å². The van der Waals surface area contributed by atoms with Gasteiger partial charge in [-0.15, -0.1) is 0 Å². The first-order valence-electron chi connectivity index (χ1n) is 5.68. The van der Waals surface area contributed by atoms with Crippen molar-refractivity contribution in [3.63, 3.8) is 0 Å². The largest absolute Gasteiger partial charge is 0.393 e. The van der Waals surface area contributed by atoms with Gasteiger partial charge in [-0.25, -0.2) is 0 Å². The quantitative estimate of drug-likeness (QED) is 0.214. The molecule has 5 nitrogen and oxygen atoms in total. The van der Waals surface area contributed by atoms with E-state index in [0.717, 1.165) is 34.4 Å². The molecule has 17 heavy (non-hydrogen) atoms. The normalized spacial score (nSPS) is 20.1. The second kappa shape index (κ2) is 7.57. The van der Waals surface area contributed by atoms with Crippen molar-refractivity contribution in [3.8, 4) is 0 Å². The van der Waals surface area contributed by atoms with E-state index in [1.807, 2.05) is 0 Å². The highest BCUT2D eigenvalue weighted by Gasteiger charge is 2.32. The van der Waals surface area contributed by atoms with Gasteiger partial charge >= 0.3 is 11.9 Å². The summed E-state index contributed by atoms with van der Waals surface area (Å²) in [5.41, 5.74) is 0. The number of carbonyl (C=O) groups excluding carboxylic acids is 2. The molecule has 0 spiro atoms. The lowest BCUT2D eigenvalue weighted by Gasteiger charge is -2.12. The van der Waals surface area contributed by atoms with Crippen molar-refractivity contribution in [1.29, 1.82) is 0 Å². The van der Waals surface area contributed by atoms with Crippen LogP contribution in [-0.4, -0.2) is 42.0 Å². The molecule has 1 rings (SSSR count). The van der Waals surface area contributed by atoms with Crippen LogP contribution in [0, 0.1) is 5.92 Å². The van der Waals surface area contributed by atoms with E-state index < -0.39 is 0 Å². The molecule has 1 aliphatic heterocycles. The molecule has 0 aromatic heterocycles. The van der Waals surface area contributed by atoms with Crippen molar-refractivity contribution in [2.75, 3.05) is 14.2 Å². The zero-order valence-corrected chi connectivity index (χ0v) is 11.2. The van der Waals surface area contributed by atoms with Gasteiger partial charge in [-0.05, 0) is 12.5 Å². The van der Waals surface area contributed by atoms with Crippen LogP contribution in [0.3, 0.4) is 0 Å². The third-order valence-corrected chi connectivity index (χ3v) is 4.03. The SMILES string of the molecule is COC(C[Si]CCCC1CC(=O)OC1=O)OC. The Morgan fingerprint density at radius 2 is 2.12 bits per heavy atom. The molecule has 0 N–H and O–H groups in total. The molecule has 1 saturated heterocycles. The maximum atomic E-state index is 11.2. The Morgan fingerprint density at radius 3 is 2.65 bits per heavy atom. The molecule has 0 aliphatic carbocycles. The van der Waals surface area contributed by atoms with Crippen LogP contribution in [-0.2, 0) is 23.8 Å². The third-order valence-electron chi connectivity index (χ3n) is 2.70. The molecule has 1 fully saturated rings. The fourth-order valence-corrected chi connectivity index (χ4v) is 2.93. The number of esters is 2. The number of rotatable bonds is 8. The van der Waals surface area contributed by atoms with E-state index in [-0.39, 0.29) is 30.6 Å². The van der Waals surface area contributed by atoms with Crippen LogP contribution in [0.4, 0.5) is 0 Å². The highest BCUT2D eigenvalue weighted by atomic mass is 28.2. The Bertz CT molecular complexity index is 265. The van der Waals surface area contributed by atoms with Gasteiger partial charge in [-0.2, -0.15) is 0 Å². The molecule has 0 aromatic carbocycles. The van der Waals surface area contributed by atoms with Gasteiger partial charge in [0.1, 0.15) is 0 Å². The number of ether oxygens (including phenoxy) is 3. The highest BCUT2D eigenvalue weighted by molar-refractivity contribution is 6.35. The molecule has 1 atom stereocenters. The summed E-state index contributed by atoms with van der Waals surface area (Å²) in [5, 5.41) is 0. The van der Waals surface area contributed by atoms with Crippen molar-refractivity contribution in [2.45, 2.75) is 37.6 Å². The third kappa shape index (κ3) is 4.97. The lowest BCUT2D eigenvalue weighted by Crippen LogP contribution is -2.15. The zero-order chi connectivity index (χ0) is 12.7. The van der Waals surface area contributed by atoms with Crippen molar-refractivity contribution in [2.24, 2.45) is 5.92 Å². The monoisotopic (exact) mass is 258 g/mol. The van der Waals surface area contributed by atoms with Gasteiger partial charge in [0.15, 0.2) is 6.29 Å². The number of methoxy groups -OCH3 is 2. The number of hydrogen-bond acceptors (Lipinski definition) is 5. The minimum Gasteiger partial charge on any atom is -0.393 e. The molecule has 1 heterocycles. The van der Waals surface area contributed by atoms with Crippen LogP contribution in [0.1, 0.15) is 19.3 Å². The molecule has 0 amide bonds. The second-order valence-corrected chi connectivity index (χ2v) is 5.35. The van der Waals surface area contributed by atoms with Crippen molar-refractivity contribution >= 4 is 21.5 Å². The molecular formula is C11H18O5Si. The predicted octanol–water partition coefficient (Wildman–Crippen LogP) is 1.02. The molecule has 1 aliphatic rings. The van der Waals surface area contributed by atoms with Crippen molar-refractivity contribution in [3.05, 3.63) is 0 Å². The van der Waals surface area contributed by atoms with E-state index in [9.17, 15) is 9.59 Å². The summed E-state index contributed by atoms with van der Waals surface area (Å²) in [5.74, 6) is -0.959. The standard InChI is InChI=1S/C11H18O5Si/c1-14-10(15-2)7-17-5-3-4-8-6-9(12)16-11(8)13/h8,10H,3-7H2,1-2H3. The number of hydrogen-bond donors (Lipinski definition) is 0. The van der Waals surface area contributed by atoms with Crippen LogP contribution >= 0.6 is 0 Å². The van der Waals surface area contributed by atoms with Gasteiger partial charge in [0.25, 0.3) is 0 Å². The van der Waals surface area contributed by atoms with Crippen LogP contribution in [0.25, 0.3) is 0 Å². The molecule has 6 heteroatoms. The summed E-state index contributed by atoms with van der Waals surface area (Å²) in [4.78, 5) is 22.0. The van der Waals surface area contributed by atoms with E-state index in [0.29, 0.717) is 0 Å². The number of cyclic esters (lactones) is 2. The van der Waals surface area contributed by atoms with Gasteiger partial charge in [-0.1, -0.05) is 12.5 Å². The van der Waals surface area contributed by atoms with Gasteiger partial charge in [0, 0.05) is 23.7 Å². The number of carbonyl (C=O) groups is 2. The van der Waals surface area contributed by atoms with Gasteiger partial charge < -0.3 is 14.2 Å². The van der Waals surface area contributed by atoms with Crippen LogP contribution in [0.15, 0.2) is 0 Å². The first kappa shape index (κ1) is 14.3. The van der Waals surface area contributed by atoms with Gasteiger partial charge in [0.05, 0.1) is 12.3 Å². The van der Waals surface area contributed by atoms with Crippen molar-refractivity contribution < 1.29 is 23.8 Å². The fourth-order valence-electron chi connectivity index (χ4n) is 1.70. The first-order chi connectivity index (χ1) is 8.17. The van der Waals surface area contributed by atoms with E-state index in [1.54, 1.807) is 14.2 Å².